The van der Waals surface area contributed by atoms with Crippen molar-refractivity contribution in [1.82, 2.24) is 4.90 Å². The third kappa shape index (κ3) is 3.99. The van der Waals surface area contributed by atoms with Gasteiger partial charge in [0.15, 0.2) is 0 Å². The lowest BCUT2D eigenvalue weighted by atomic mass is 9.91. The maximum absolute atomic E-state index is 10.8. The highest BCUT2D eigenvalue weighted by Crippen LogP contribution is 2.23. The van der Waals surface area contributed by atoms with Crippen LogP contribution in [0.2, 0.25) is 0 Å². The quantitative estimate of drug-likeness (QED) is 0.914. The van der Waals surface area contributed by atoms with E-state index in [0.717, 1.165) is 37.7 Å². The van der Waals surface area contributed by atoms with Crippen LogP contribution >= 0.6 is 0 Å². The van der Waals surface area contributed by atoms with Crippen LogP contribution in [-0.2, 0) is 6.42 Å². The molecule has 106 valence electrons. The van der Waals surface area contributed by atoms with Crippen molar-refractivity contribution in [2.24, 2.45) is 5.92 Å². The number of aryl methyl sites for hydroxylation is 1. The molecule has 1 saturated heterocycles. The maximum Gasteiger partial charge on any atom is 0.407 e. The van der Waals surface area contributed by atoms with Crippen LogP contribution < -0.4 is 0 Å². The molecule has 1 aromatic rings. The summed E-state index contributed by atoms with van der Waals surface area (Å²) in [6.45, 7) is 1.34. The fraction of sp³-hybridized carbons (Fsp3) is 0.500. The van der Waals surface area contributed by atoms with E-state index in [0.29, 0.717) is 19.0 Å². The standard InChI is InChI=1S/C16H20N2O2/c17-12-15-6-2-5-14(11-15)4-1-3-13-7-9-18(10-8-13)16(19)20/h2,5-6,11,13H,1,3-4,7-10H2,(H,19,20). The van der Waals surface area contributed by atoms with Crippen molar-refractivity contribution in [3.05, 3.63) is 35.4 Å². The Morgan fingerprint density at radius 1 is 1.40 bits per heavy atom. The van der Waals surface area contributed by atoms with E-state index in [1.54, 1.807) is 0 Å². The van der Waals surface area contributed by atoms with Gasteiger partial charge in [0.25, 0.3) is 0 Å². The summed E-state index contributed by atoms with van der Waals surface area (Å²) >= 11 is 0. The van der Waals surface area contributed by atoms with Crippen molar-refractivity contribution in [2.45, 2.75) is 32.1 Å². The van der Waals surface area contributed by atoms with E-state index in [2.05, 4.69) is 12.1 Å². The largest absolute Gasteiger partial charge is 0.465 e. The van der Waals surface area contributed by atoms with Crippen molar-refractivity contribution >= 4 is 6.09 Å². The zero-order chi connectivity index (χ0) is 14.4. The highest BCUT2D eigenvalue weighted by Gasteiger charge is 2.21. The number of piperidine rings is 1. The fourth-order valence-corrected chi connectivity index (χ4v) is 2.80. The average molecular weight is 272 g/mol. The zero-order valence-electron chi connectivity index (χ0n) is 11.6. The number of hydrogen-bond donors (Lipinski definition) is 1. The monoisotopic (exact) mass is 272 g/mol. The zero-order valence-corrected chi connectivity index (χ0v) is 11.6. The van der Waals surface area contributed by atoms with Gasteiger partial charge < -0.3 is 10.0 Å². The number of hydrogen-bond acceptors (Lipinski definition) is 2. The summed E-state index contributed by atoms with van der Waals surface area (Å²) in [5, 5.41) is 17.8. The number of benzene rings is 1. The van der Waals surface area contributed by atoms with Crippen LogP contribution in [0.15, 0.2) is 24.3 Å². The summed E-state index contributed by atoms with van der Waals surface area (Å²) in [6, 6.07) is 9.93. The van der Waals surface area contributed by atoms with Gasteiger partial charge in [0, 0.05) is 13.1 Å². The molecule has 1 aliphatic rings. The molecule has 0 unspecified atom stereocenters. The molecule has 0 aromatic heterocycles. The number of nitrogens with zero attached hydrogens (tertiary/aromatic N) is 2. The molecule has 4 nitrogen and oxygen atoms in total. The predicted molar refractivity (Wildman–Crippen MR) is 76.4 cm³/mol. The molecular weight excluding hydrogens is 252 g/mol. The van der Waals surface area contributed by atoms with Crippen molar-refractivity contribution in [3.63, 3.8) is 0 Å². The molecule has 1 amide bonds. The van der Waals surface area contributed by atoms with E-state index >= 15 is 0 Å². The van der Waals surface area contributed by atoms with Crippen molar-refractivity contribution in [1.29, 1.82) is 5.26 Å². The van der Waals surface area contributed by atoms with E-state index in [1.807, 2.05) is 18.2 Å². The second-order valence-electron chi connectivity index (χ2n) is 5.42. The first-order valence-electron chi connectivity index (χ1n) is 7.16. The first kappa shape index (κ1) is 14.4. The number of carboxylic acid groups (broad SMARTS) is 1. The van der Waals surface area contributed by atoms with E-state index in [4.69, 9.17) is 10.4 Å². The van der Waals surface area contributed by atoms with Crippen molar-refractivity contribution < 1.29 is 9.90 Å². The summed E-state index contributed by atoms with van der Waals surface area (Å²) < 4.78 is 0. The normalized spacial score (nSPS) is 15.8. The Bertz CT molecular complexity index is 499. The van der Waals surface area contributed by atoms with Gasteiger partial charge >= 0.3 is 6.09 Å². The number of amides is 1. The minimum Gasteiger partial charge on any atom is -0.465 e. The number of rotatable bonds is 4. The van der Waals surface area contributed by atoms with E-state index in [-0.39, 0.29) is 0 Å². The lowest BCUT2D eigenvalue weighted by Gasteiger charge is -2.29. The van der Waals surface area contributed by atoms with Gasteiger partial charge in [-0.25, -0.2) is 4.79 Å². The van der Waals surface area contributed by atoms with Crippen LogP contribution in [0.1, 0.15) is 36.8 Å². The second kappa shape index (κ2) is 6.95. The van der Waals surface area contributed by atoms with Gasteiger partial charge in [-0.05, 0) is 55.7 Å². The average Bonchev–Trinajstić information content (AvgIpc) is 2.48. The summed E-state index contributed by atoms with van der Waals surface area (Å²) in [6.07, 6.45) is 4.40. The Morgan fingerprint density at radius 2 is 2.15 bits per heavy atom. The second-order valence-corrected chi connectivity index (χ2v) is 5.42. The Balaban J connectivity index is 1.71. The molecule has 2 rings (SSSR count). The smallest absolute Gasteiger partial charge is 0.407 e. The topological polar surface area (TPSA) is 64.3 Å². The Kier molecular flexibility index (Phi) is 5.00. The molecule has 1 aliphatic heterocycles. The molecule has 0 spiro atoms. The Labute approximate surface area is 119 Å². The SMILES string of the molecule is N#Cc1cccc(CCCC2CCN(C(=O)O)CC2)c1. The minimum absolute atomic E-state index is 0.643. The van der Waals surface area contributed by atoms with Crippen LogP contribution in [0.3, 0.4) is 0 Å². The van der Waals surface area contributed by atoms with Crippen molar-refractivity contribution in [2.75, 3.05) is 13.1 Å². The first-order valence-corrected chi connectivity index (χ1v) is 7.16. The van der Waals surface area contributed by atoms with Gasteiger partial charge in [0.2, 0.25) is 0 Å². The van der Waals surface area contributed by atoms with Crippen LogP contribution in [0.5, 0.6) is 0 Å². The van der Waals surface area contributed by atoms with E-state index in [1.165, 1.54) is 10.5 Å². The van der Waals surface area contributed by atoms with E-state index < -0.39 is 6.09 Å². The lowest BCUT2D eigenvalue weighted by molar-refractivity contribution is 0.123. The molecule has 1 fully saturated rings. The molecule has 1 N–H and O–H groups in total. The molecule has 20 heavy (non-hydrogen) atoms. The molecule has 1 aromatic carbocycles. The number of likely N-dealkylation sites (tertiary alicyclic amines) is 1. The molecule has 0 bridgehead atoms. The molecule has 0 saturated carbocycles. The summed E-state index contributed by atoms with van der Waals surface area (Å²) in [5.74, 6) is 0.643. The molecule has 0 radical (unpaired) electrons. The number of nitriles is 1. The minimum atomic E-state index is -0.795. The van der Waals surface area contributed by atoms with Crippen LogP contribution in [0.25, 0.3) is 0 Å². The van der Waals surface area contributed by atoms with Crippen LogP contribution in [0, 0.1) is 17.2 Å². The highest BCUT2D eigenvalue weighted by atomic mass is 16.4. The lowest BCUT2D eigenvalue weighted by Crippen LogP contribution is -2.37. The van der Waals surface area contributed by atoms with Gasteiger partial charge in [0.1, 0.15) is 0 Å². The van der Waals surface area contributed by atoms with Crippen molar-refractivity contribution in [3.8, 4) is 6.07 Å². The first-order chi connectivity index (χ1) is 9.69. The maximum atomic E-state index is 10.8. The predicted octanol–water partition coefficient (Wildman–Crippen LogP) is 3.27. The third-order valence-electron chi connectivity index (χ3n) is 4.02. The summed E-state index contributed by atoms with van der Waals surface area (Å²) in [7, 11) is 0. The molecule has 4 heteroatoms. The van der Waals surface area contributed by atoms with Gasteiger partial charge in [-0.3, -0.25) is 0 Å². The fourth-order valence-electron chi connectivity index (χ4n) is 2.80. The Hall–Kier alpha value is -2.02. The highest BCUT2D eigenvalue weighted by molar-refractivity contribution is 5.64. The number of carbonyl (C=O) groups is 1. The van der Waals surface area contributed by atoms with Gasteiger partial charge in [-0.2, -0.15) is 5.26 Å². The summed E-state index contributed by atoms with van der Waals surface area (Å²) in [5.41, 5.74) is 1.93. The van der Waals surface area contributed by atoms with Crippen LogP contribution in [-0.4, -0.2) is 29.2 Å². The van der Waals surface area contributed by atoms with Gasteiger partial charge in [-0.1, -0.05) is 12.1 Å². The molecule has 0 aliphatic carbocycles. The molecule has 1 heterocycles. The van der Waals surface area contributed by atoms with Gasteiger partial charge in [-0.15, -0.1) is 0 Å². The molecule has 0 atom stereocenters. The molecular formula is C16H20N2O2. The van der Waals surface area contributed by atoms with Gasteiger partial charge in [0.05, 0.1) is 11.6 Å². The summed E-state index contributed by atoms with van der Waals surface area (Å²) in [4.78, 5) is 12.3. The van der Waals surface area contributed by atoms with E-state index in [9.17, 15) is 4.79 Å². The van der Waals surface area contributed by atoms with Crippen LogP contribution in [0.4, 0.5) is 4.79 Å². The third-order valence-corrected chi connectivity index (χ3v) is 4.02. The Morgan fingerprint density at radius 3 is 2.80 bits per heavy atom.